The van der Waals surface area contributed by atoms with Gasteiger partial charge in [0.1, 0.15) is 5.65 Å². The fourth-order valence-corrected chi connectivity index (χ4v) is 2.94. The first-order valence-electron chi connectivity index (χ1n) is 8.69. The SMILES string of the molecule is CCc1nc2ccc(C(=O)Nc3ccc(C(C)(C)C)cc3)cn2c1C. The van der Waals surface area contributed by atoms with Crippen molar-refractivity contribution in [3.05, 3.63) is 65.1 Å². The summed E-state index contributed by atoms with van der Waals surface area (Å²) in [5.74, 6) is -0.114. The molecule has 0 saturated carbocycles. The van der Waals surface area contributed by atoms with Crippen LogP contribution in [-0.2, 0) is 11.8 Å². The second-order valence-corrected chi connectivity index (χ2v) is 7.42. The summed E-state index contributed by atoms with van der Waals surface area (Å²) in [5.41, 5.74) is 5.79. The van der Waals surface area contributed by atoms with Crippen molar-refractivity contribution in [2.24, 2.45) is 0 Å². The minimum absolute atomic E-state index is 0.101. The fourth-order valence-electron chi connectivity index (χ4n) is 2.94. The minimum Gasteiger partial charge on any atom is -0.322 e. The molecule has 1 amide bonds. The van der Waals surface area contributed by atoms with Crippen molar-refractivity contribution in [1.29, 1.82) is 0 Å². The Bertz CT molecular complexity index is 915. The molecular weight excluding hydrogens is 310 g/mol. The molecule has 3 rings (SSSR count). The Labute approximate surface area is 148 Å². The molecule has 130 valence electrons. The Morgan fingerprint density at radius 2 is 1.80 bits per heavy atom. The second-order valence-electron chi connectivity index (χ2n) is 7.42. The minimum atomic E-state index is -0.114. The van der Waals surface area contributed by atoms with Crippen molar-refractivity contribution in [2.75, 3.05) is 5.32 Å². The van der Waals surface area contributed by atoms with Gasteiger partial charge in [-0.25, -0.2) is 4.98 Å². The number of pyridine rings is 1. The molecule has 0 aliphatic carbocycles. The molecule has 0 radical (unpaired) electrons. The molecule has 0 saturated heterocycles. The predicted octanol–water partition coefficient (Wildman–Crippen LogP) is 4.75. The van der Waals surface area contributed by atoms with E-state index in [9.17, 15) is 4.79 Å². The van der Waals surface area contributed by atoms with Crippen LogP contribution in [0.2, 0.25) is 0 Å². The number of amides is 1. The number of imidazole rings is 1. The second kappa shape index (κ2) is 6.36. The largest absolute Gasteiger partial charge is 0.322 e. The van der Waals surface area contributed by atoms with Crippen LogP contribution in [-0.4, -0.2) is 15.3 Å². The highest BCUT2D eigenvalue weighted by Gasteiger charge is 2.14. The molecule has 0 spiro atoms. The lowest BCUT2D eigenvalue weighted by atomic mass is 9.87. The third kappa shape index (κ3) is 3.43. The van der Waals surface area contributed by atoms with E-state index in [-0.39, 0.29) is 11.3 Å². The molecule has 0 fully saturated rings. The number of nitrogens with one attached hydrogen (secondary N) is 1. The van der Waals surface area contributed by atoms with Crippen LogP contribution in [0.3, 0.4) is 0 Å². The van der Waals surface area contributed by atoms with Crippen LogP contribution in [0.25, 0.3) is 5.65 Å². The van der Waals surface area contributed by atoms with Gasteiger partial charge in [0.05, 0.1) is 11.3 Å². The van der Waals surface area contributed by atoms with Crippen molar-refractivity contribution in [3.8, 4) is 0 Å². The molecule has 0 unspecified atom stereocenters. The number of nitrogens with zero attached hydrogens (tertiary/aromatic N) is 2. The van der Waals surface area contributed by atoms with Gasteiger partial charge < -0.3 is 9.72 Å². The zero-order valence-corrected chi connectivity index (χ0v) is 15.6. The summed E-state index contributed by atoms with van der Waals surface area (Å²) in [7, 11) is 0. The van der Waals surface area contributed by atoms with Crippen molar-refractivity contribution >= 4 is 17.2 Å². The van der Waals surface area contributed by atoms with Gasteiger partial charge in [-0.3, -0.25) is 4.79 Å². The summed E-state index contributed by atoms with van der Waals surface area (Å²) in [6, 6.07) is 11.7. The lowest BCUT2D eigenvalue weighted by Gasteiger charge is -2.19. The molecule has 1 N–H and O–H groups in total. The van der Waals surface area contributed by atoms with E-state index in [1.165, 1.54) is 5.56 Å². The van der Waals surface area contributed by atoms with Gasteiger partial charge in [0.15, 0.2) is 0 Å². The topological polar surface area (TPSA) is 46.4 Å². The van der Waals surface area contributed by atoms with Crippen LogP contribution < -0.4 is 5.32 Å². The highest BCUT2D eigenvalue weighted by molar-refractivity contribution is 6.04. The van der Waals surface area contributed by atoms with E-state index in [1.54, 1.807) is 0 Å². The summed E-state index contributed by atoms with van der Waals surface area (Å²) >= 11 is 0. The van der Waals surface area contributed by atoms with Crippen LogP contribution in [0.4, 0.5) is 5.69 Å². The molecule has 25 heavy (non-hydrogen) atoms. The Kier molecular flexibility index (Phi) is 4.38. The standard InChI is InChI=1S/C21H25N3O/c1-6-18-14(2)24-13-15(7-12-19(24)23-18)20(25)22-17-10-8-16(9-11-17)21(3,4)5/h7-13H,6H2,1-5H3,(H,22,25). The van der Waals surface area contributed by atoms with E-state index in [2.05, 4.69) is 50.1 Å². The van der Waals surface area contributed by atoms with Crippen LogP contribution in [0, 0.1) is 6.92 Å². The maximum Gasteiger partial charge on any atom is 0.257 e. The van der Waals surface area contributed by atoms with Gasteiger partial charge >= 0.3 is 0 Å². The number of aromatic nitrogens is 2. The van der Waals surface area contributed by atoms with E-state index in [0.717, 1.165) is 29.1 Å². The number of aryl methyl sites for hydroxylation is 2. The van der Waals surface area contributed by atoms with Crippen molar-refractivity contribution in [3.63, 3.8) is 0 Å². The summed E-state index contributed by atoms with van der Waals surface area (Å²) in [6.07, 6.45) is 2.74. The van der Waals surface area contributed by atoms with Gasteiger partial charge in [-0.2, -0.15) is 0 Å². The Balaban J connectivity index is 1.83. The number of carbonyl (C=O) groups excluding carboxylic acids is 1. The fraction of sp³-hybridized carbons (Fsp3) is 0.333. The zero-order valence-electron chi connectivity index (χ0n) is 15.6. The first kappa shape index (κ1) is 17.2. The van der Waals surface area contributed by atoms with Crippen LogP contribution >= 0.6 is 0 Å². The highest BCUT2D eigenvalue weighted by Crippen LogP contribution is 2.23. The molecule has 0 atom stereocenters. The zero-order chi connectivity index (χ0) is 18.2. The molecule has 0 bridgehead atoms. The quantitative estimate of drug-likeness (QED) is 0.750. The predicted molar refractivity (Wildman–Crippen MR) is 102 cm³/mol. The molecular formula is C21H25N3O. The maximum absolute atomic E-state index is 12.6. The highest BCUT2D eigenvalue weighted by atomic mass is 16.1. The van der Waals surface area contributed by atoms with Gasteiger partial charge in [0.25, 0.3) is 5.91 Å². The van der Waals surface area contributed by atoms with Gasteiger partial charge in [0.2, 0.25) is 0 Å². The van der Waals surface area contributed by atoms with Crippen LogP contribution in [0.1, 0.15) is 55.0 Å². The van der Waals surface area contributed by atoms with E-state index in [0.29, 0.717) is 5.56 Å². The van der Waals surface area contributed by atoms with E-state index >= 15 is 0 Å². The number of hydrogen-bond acceptors (Lipinski definition) is 2. The average Bonchev–Trinajstić information content (AvgIpc) is 2.90. The molecule has 2 aromatic heterocycles. The van der Waals surface area contributed by atoms with E-state index < -0.39 is 0 Å². The first-order valence-corrected chi connectivity index (χ1v) is 8.69. The number of benzene rings is 1. The molecule has 0 aliphatic rings. The Morgan fingerprint density at radius 1 is 1.12 bits per heavy atom. The average molecular weight is 335 g/mol. The van der Waals surface area contributed by atoms with Crippen molar-refractivity contribution in [2.45, 2.75) is 46.5 Å². The van der Waals surface area contributed by atoms with Crippen molar-refractivity contribution < 1.29 is 4.79 Å². The normalized spacial score (nSPS) is 11.7. The van der Waals surface area contributed by atoms with Crippen LogP contribution in [0.5, 0.6) is 0 Å². The lowest BCUT2D eigenvalue weighted by Crippen LogP contribution is -2.14. The molecule has 0 aliphatic heterocycles. The number of carbonyl (C=O) groups is 1. The molecule has 1 aromatic carbocycles. The third-order valence-corrected chi connectivity index (χ3v) is 4.56. The lowest BCUT2D eigenvalue weighted by molar-refractivity contribution is 0.102. The van der Waals surface area contributed by atoms with Gasteiger partial charge in [-0.05, 0) is 48.6 Å². The molecule has 3 aromatic rings. The van der Waals surface area contributed by atoms with Gasteiger partial charge in [0, 0.05) is 17.6 Å². The van der Waals surface area contributed by atoms with Crippen LogP contribution in [0.15, 0.2) is 42.6 Å². The number of anilines is 1. The molecule has 4 heteroatoms. The third-order valence-electron chi connectivity index (χ3n) is 4.56. The number of hydrogen-bond donors (Lipinski definition) is 1. The molecule has 2 heterocycles. The number of fused-ring (bicyclic) bond motifs is 1. The Morgan fingerprint density at radius 3 is 2.40 bits per heavy atom. The smallest absolute Gasteiger partial charge is 0.257 e. The van der Waals surface area contributed by atoms with Crippen molar-refractivity contribution in [1.82, 2.24) is 9.38 Å². The monoisotopic (exact) mass is 335 g/mol. The Hall–Kier alpha value is -2.62. The summed E-state index contributed by atoms with van der Waals surface area (Å²) in [5, 5.41) is 2.97. The first-order chi connectivity index (χ1) is 11.8. The maximum atomic E-state index is 12.6. The van der Waals surface area contributed by atoms with Gasteiger partial charge in [-0.1, -0.05) is 39.8 Å². The summed E-state index contributed by atoms with van der Waals surface area (Å²) in [6.45, 7) is 10.6. The molecule has 4 nitrogen and oxygen atoms in total. The van der Waals surface area contributed by atoms with E-state index in [1.807, 2.05) is 41.8 Å². The summed E-state index contributed by atoms with van der Waals surface area (Å²) in [4.78, 5) is 17.2. The number of rotatable bonds is 3. The van der Waals surface area contributed by atoms with Gasteiger partial charge in [-0.15, -0.1) is 0 Å². The van der Waals surface area contributed by atoms with E-state index in [4.69, 9.17) is 0 Å². The summed E-state index contributed by atoms with van der Waals surface area (Å²) < 4.78 is 1.98.